The molecular weight excluding hydrogens is 705 g/mol. The Bertz CT molecular complexity index is 2810. The summed E-state index contributed by atoms with van der Waals surface area (Å²) in [5.74, 6) is 0. The minimum atomic E-state index is -0.153. The van der Waals surface area contributed by atoms with Crippen molar-refractivity contribution in [2.45, 2.75) is 38.5 Å². The fourth-order valence-electron chi connectivity index (χ4n) is 10.5. The average molecular weight is 747 g/mol. The normalized spacial score (nSPS) is 15.7. The van der Waals surface area contributed by atoms with E-state index in [4.69, 9.17) is 0 Å². The van der Waals surface area contributed by atoms with Crippen molar-refractivity contribution < 1.29 is 0 Å². The van der Waals surface area contributed by atoms with E-state index in [1.165, 1.54) is 90.3 Å². The van der Waals surface area contributed by atoms with E-state index in [0.717, 1.165) is 11.4 Å². The van der Waals surface area contributed by atoms with Crippen LogP contribution in [0.2, 0.25) is 0 Å². The lowest BCUT2D eigenvalue weighted by Crippen LogP contribution is -2.34. The number of benzene rings is 8. The van der Waals surface area contributed by atoms with Gasteiger partial charge in [0.25, 0.3) is 0 Å². The van der Waals surface area contributed by atoms with E-state index in [9.17, 15) is 0 Å². The number of anilines is 12. The molecule has 4 aliphatic heterocycles. The Morgan fingerprint density at radius 1 is 0.276 bits per heavy atom. The molecule has 0 spiro atoms. The second-order valence-corrected chi connectivity index (χ2v) is 17.1. The van der Waals surface area contributed by atoms with Crippen molar-refractivity contribution >= 4 is 68.2 Å². The SMILES string of the molecule is CC1(C)c2ccccc2N2c3ccccc3N(c3cccc(-c4cccc(N5c6ccccc6N6c7ccccc7C(C)(C)c7cccc5c76)c4)c3)c3cccc1c32. The van der Waals surface area contributed by atoms with Crippen LogP contribution in [0, 0.1) is 0 Å². The molecule has 4 nitrogen and oxygen atoms in total. The quantitative estimate of drug-likeness (QED) is 0.178. The molecule has 0 fully saturated rings. The minimum absolute atomic E-state index is 0.153. The lowest BCUT2D eigenvalue weighted by atomic mass is 9.72. The molecule has 4 aliphatic rings. The molecule has 58 heavy (non-hydrogen) atoms. The number of hydrogen-bond acceptors (Lipinski definition) is 4. The molecule has 0 saturated heterocycles. The van der Waals surface area contributed by atoms with Crippen LogP contribution in [0.5, 0.6) is 0 Å². The monoisotopic (exact) mass is 746 g/mol. The molecule has 0 radical (unpaired) electrons. The molecule has 278 valence electrons. The first-order valence-corrected chi connectivity index (χ1v) is 20.4. The molecule has 0 bridgehead atoms. The Balaban J connectivity index is 1.00. The maximum Gasteiger partial charge on any atom is 0.0744 e. The molecule has 0 aliphatic carbocycles. The molecule has 4 heterocycles. The van der Waals surface area contributed by atoms with Gasteiger partial charge in [0, 0.05) is 22.2 Å². The third-order valence-electron chi connectivity index (χ3n) is 13.2. The Kier molecular flexibility index (Phi) is 6.71. The molecule has 12 rings (SSSR count). The summed E-state index contributed by atoms with van der Waals surface area (Å²) >= 11 is 0. The molecule has 0 saturated carbocycles. The number of nitrogens with zero attached hydrogens (tertiary/aromatic N) is 4. The average Bonchev–Trinajstić information content (AvgIpc) is 3.26. The number of hydrogen-bond donors (Lipinski definition) is 0. The van der Waals surface area contributed by atoms with E-state index in [-0.39, 0.29) is 10.8 Å². The zero-order valence-electron chi connectivity index (χ0n) is 33.1. The summed E-state index contributed by atoms with van der Waals surface area (Å²) in [6, 6.07) is 67.4. The maximum atomic E-state index is 2.49. The van der Waals surface area contributed by atoms with Gasteiger partial charge in [-0.1, -0.05) is 137 Å². The summed E-state index contributed by atoms with van der Waals surface area (Å²) in [4.78, 5) is 9.91. The molecule has 8 aromatic rings. The van der Waals surface area contributed by atoms with Gasteiger partial charge in [-0.15, -0.1) is 0 Å². The third kappa shape index (κ3) is 4.35. The van der Waals surface area contributed by atoms with Gasteiger partial charge in [-0.3, -0.25) is 0 Å². The summed E-state index contributed by atoms with van der Waals surface area (Å²) < 4.78 is 0. The van der Waals surface area contributed by atoms with E-state index in [2.05, 4.69) is 229 Å². The summed E-state index contributed by atoms with van der Waals surface area (Å²) in [7, 11) is 0. The van der Waals surface area contributed by atoms with E-state index in [1.807, 2.05) is 0 Å². The summed E-state index contributed by atoms with van der Waals surface area (Å²) in [5, 5.41) is 0. The lowest BCUT2D eigenvalue weighted by Gasteiger charge is -2.48. The van der Waals surface area contributed by atoms with Gasteiger partial charge < -0.3 is 19.6 Å². The summed E-state index contributed by atoms with van der Waals surface area (Å²) in [5.41, 5.74) is 21.8. The molecular formula is C54H42N4. The van der Waals surface area contributed by atoms with Crippen LogP contribution >= 0.6 is 0 Å². The lowest BCUT2D eigenvalue weighted by molar-refractivity contribution is 0.631. The standard InChI is InChI=1S/C54H42N4/c1-53(2)39-21-5-7-25-43(39)57-47-29-11-9-27-45(47)55(49-31-15-23-41(53)51(49)57)37-19-13-17-35(33-37)36-18-14-20-38(34-36)56-46-28-10-12-30-48(46)58-44-26-8-6-22-40(44)54(3,4)42-24-16-32-50(56)52(42)58/h5-34H,1-4H3. The molecule has 4 heteroatoms. The van der Waals surface area contributed by atoms with Crippen LogP contribution in [0.4, 0.5) is 68.2 Å². The number of para-hydroxylation sites is 8. The second-order valence-electron chi connectivity index (χ2n) is 17.1. The van der Waals surface area contributed by atoms with Gasteiger partial charge >= 0.3 is 0 Å². The van der Waals surface area contributed by atoms with Crippen molar-refractivity contribution in [2.24, 2.45) is 0 Å². The number of rotatable bonds is 3. The van der Waals surface area contributed by atoms with Crippen molar-refractivity contribution in [3.63, 3.8) is 0 Å². The van der Waals surface area contributed by atoms with Crippen molar-refractivity contribution in [1.82, 2.24) is 0 Å². The van der Waals surface area contributed by atoms with Crippen LogP contribution in [-0.4, -0.2) is 0 Å². The van der Waals surface area contributed by atoms with Crippen LogP contribution in [0.25, 0.3) is 11.1 Å². The number of fused-ring (bicyclic) bond motifs is 8. The van der Waals surface area contributed by atoms with Gasteiger partial charge in [-0.2, -0.15) is 0 Å². The first kappa shape index (κ1) is 33.1. The Hall–Kier alpha value is -7.04. The van der Waals surface area contributed by atoms with Gasteiger partial charge in [0.05, 0.1) is 56.9 Å². The molecule has 0 amide bonds. The molecule has 0 aromatic heterocycles. The molecule has 0 atom stereocenters. The van der Waals surface area contributed by atoms with Crippen LogP contribution in [0.1, 0.15) is 49.9 Å². The van der Waals surface area contributed by atoms with E-state index >= 15 is 0 Å². The van der Waals surface area contributed by atoms with Gasteiger partial charge in [-0.05, 0) is 106 Å². The van der Waals surface area contributed by atoms with Crippen LogP contribution in [-0.2, 0) is 10.8 Å². The Morgan fingerprint density at radius 3 is 1.00 bits per heavy atom. The highest BCUT2D eigenvalue weighted by atomic mass is 15.3. The third-order valence-corrected chi connectivity index (χ3v) is 13.2. The maximum absolute atomic E-state index is 2.49. The van der Waals surface area contributed by atoms with Gasteiger partial charge in [0.2, 0.25) is 0 Å². The fourth-order valence-corrected chi connectivity index (χ4v) is 10.5. The Labute approximate surface area is 340 Å². The summed E-state index contributed by atoms with van der Waals surface area (Å²) in [6.45, 7) is 9.45. The van der Waals surface area contributed by atoms with Crippen molar-refractivity contribution in [3.8, 4) is 11.1 Å². The highest BCUT2D eigenvalue weighted by Gasteiger charge is 2.44. The zero-order valence-corrected chi connectivity index (χ0v) is 33.1. The first-order valence-electron chi connectivity index (χ1n) is 20.4. The predicted octanol–water partition coefficient (Wildman–Crippen LogP) is 15.1. The zero-order chi connectivity index (χ0) is 38.9. The predicted molar refractivity (Wildman–Crippen MR) is 242 cm³/mol. The Morgan fingerprint density at radius 2 is 0.586 bits per heavy atom. The molecule has 8 aromatic carbocycles. The van der Waals surface area contributed by atoms with Gasteiger partial charge in [-0.25, -0.2) is 0 Å². The fraction of sp³-hybridized carbons (Fsp3) is 0.111. The smallest absolute Gasteiger partial charge is 0.0744 e. The van der Waals surface area contributed by atoms with Crippen LogP contribution in [0.15, 0.2) is 182 Å². The van der Waals surface area contributed by atoms with E-state index < -0.39 is 0 Å². The molecule has 0 N–H and O–H groups in total. The topological polar surface area (TPSA) is 13.0 Å². The summed E-state index contributed by atoms with van der Waals surface area (Å²) in [6.07, 6.45) is 0. The van der Waals surface area contributed by atoms with Crippen molar-refractivity contribution in [3.05, 3.63) is 204 Å². The van der Waals surface area contributed by atoms with E-state index in [0.29, 0.717) is 0 Å². The van der Waals surface area contributed by atoms with Crippen LogP contribution in [0.3, 0.4) is 0 Å². The largest absolute Gasteiger partial charge is 0.306 e. The van der Waals surface area contributed by atoms with Gasteiger partial charge in [0.15, 0.2) is 0 Å². The van der Waals surface area contributed by atoms with Crippen LogP contribution < -0.4 is 19.6 Å². The van der Waals surface area contributed by atoms with Crippen molar-refractivity contribution in [1.29, 1.82) is 0 Å². The van der Waals surface area contributed by atoms with Gasteiger partial charge in [0.1, 0.15) is 0 Å². The van der Waals surface area contributed by atoms with Crippen molar-refractivity contribution in [2.75, 3.05) is 19.6 Å². The second kappa shape index (κ2) is 11.7. The first-order chi connectivity index (χ1) is 28.3. The highest BCUT2D eigenvalue weighted by Crippen LogP contribution is 2.63. The minimum Gasteiger partial charge on any atom is -0.306 e. The highest BCUT2D eigenvalue weighted by molar-refractivity contribution is 6.07. The van der Waals surface area contributed by atoms with E-state index in [1.54, 1.807) is 0 Å². The molecule has 0 unspecified atom stereocenters.